The van der Waals surface area contributed by atoms with Gasteiger partial charge in [0.15, 0.2) is 0 Å². The molecule has 0 radical (unpaired) electrons. The van der Waals surface area contributed by atoms with Crippen LogP contribution in [-0.4, -0.2) is 27.6 Å². The molecule has 0 atom stereocenters. The predicted octanol–water partition coefficient (Wildman–Crippen LogP) is 1.73. The van der Waals surface area contributed by atoms with Gasteiger partial charge in [-0.05, 0) is 20.8 Å². The quantitative estimate of drug-likeness (QED) is 0.818. The molecule has 1 aromatic rings. The Morgan fingerprint density at radius 1 is 1.50 bits per heavy atom. The van der Waals surface area contributed by atoms with Gasteiger partial charge >= 0.3 is 11.9 Å². The van der Waals surface area contributed by atoms with E-state index in [2.05, 4.69) is 4.98 Å². The van der Waals surface area contributed by atoms with E-state index in [4.69, 9.17) is 9.84 Å². The molecule has 5 nitrogen and oxygen atoms in total. The van der Waals surface area contributed by atoms with Gasteiger partial charge in [0.2, 0.25) is 0 Å². The van der Waals surface area contributed by atoms with E-state index in [-0.39, 0.29) is 11.3 Å². The summed E-state index contributed by atoms with van der Waals surface area (Å²) in [7, 11) is 0. The minimum absolute atomic E-state index is 0.00914. The molecule has 0 saturated carbocycles. The highest BCUT2D eigenvalue weighted by Gasteiger charge is 2.18. The van der Waals surface area contributed by atoms with E-state index in [1.54, 1.807) is 20.8 Å². The molecule has 0 saturated heterocycles. The fourth-order valence-electron chi connectivity index (χ4n) is 0.992. The number of carbonyl (C=O) groups excluding carboxylic acids is 1. The van der Waals surface area contributed by atoms with Crippen molar-refractivity contribution in [1.29, 1.82) is 0 Å². The first-order valence-electron chi connectivity index (χ1n) is 4.68. The molecule has 0 amide bonds. The number of carboxylic acids is 1. The van der Waals surface area contributed by atoms with Crippen LogP contribution in [0.25, 0.3) is 0 Å². The number of rotatable bonds is 3. The number of hydrogen-bond donors (Lipinski definition) is 1. The Kier molecular flexibility index (Phi) is 3.64. The van der Waals surface area contributed by atoms with Crippen molar-refractivity contribution in [2.24, 2.45) is 0 Å². The summed E-state index contributed by atoms with van der Waals surface area (Å²) in [6.07, 6.45) is 1.25. The maximum absolute atomic E-state index is 11.4. The average molecular weight is 243 g/mol. The number of carboxylic acid groups (broad SMARTS) is 1. The van der Waals surface area contributed by atoms with Gasteiger partial charge in [-0.2, -0.15) is 0 Å². The van der Waals surface area contributed by atoms with Crippen molar-refractivity contribution >= 4 is 23.3 Å². The summed E-state index contributed by atoms with van der Waals surface area (Å²) in [5.74, 6) is -1.44. The van der Waals surface area contributed by atoms with Crippen LogP contribution in [0.4, 0.5) is 0 Å². The van der Waals surface area contributed by atoms with Crippen molar-refractivity contribution in [2.45, 2.75) is 32.8 Å². The summed E-state index contributed by atoms with van der Waals surface area (Å²) in [4.78, 5) is 26.0. The fourth-order valence-corrected chi connectivity index (χ4v) is 1.73. The van der Waals surface area contributed by atoms with Crippen LogP contribution >= 0.6 is 11.3 Å². The highest BCUT2D eigenvalue weighted by molar-refractivity contribution is 7.13. The van der Waals surface area contributed by atoms with Crippen LogP contribution in [0.3, 0.4) is 0 Å². The smallest absolute Gasteiger partial charge is 0.347 e. The molecule has 6 heteroatoms. The third kappa shape index (κ3) is 3.98. The van der Waals surface area contributed by atoms with Crippen LogP contribution in [0.5, 0.6) is 0 Å². The van der Waals surface area contributed by atoms with Gasteiger partial charge in [0.25, 0.3) is 0 Å². The Balaban J connectivity index is 2.60. The lowest BCUT2D eigenvalue weighted by Gasteiger charge is -2.18. The molecule has 0 spiro atoms. The fraction of sp³-hybridized carbons (Fsp3) is 0.500. The third-order valence-corrected chi connectivity index (χ3v) is 2.47. The molecule has 0 aliphatic heterocycles. The van der Waals surface area contributed by atoms with Crippen molar-refractivity contribution < 1.29 is 19.4 Å². The molecular weight excluding hydrogens is 230 g/mol. The minimum Gasteiger partial charge on any atom is -0.477 e. The van der Waals surface area contributed by atoms with Gasteiger partial charge in [-0.1, -0.05) is 0 Å². The van der Waals surface area contributed by atoms with Gasteiger partial charge in [-0.15, -0.1) is 11.3 Å². The van der Waals surface area contributed by atoms with E-state index in [0.29, 0.717) is 5.01 Å². The van der Waals surface area contributed by atoms with Crippen molar-refractivity contribution in [1.82, 2.24) is 4.98 Å². The molecule has 1 N–H and O–H groups in total. The minimum atomic E-state index is -1.03. The summed E-state index contributed by atoms with van der Waals surface area (Å²) in [6.45, 7) is 5.32. The van der Waals surface area contributed by atoms with Crippen LogP contribution in [-0.2, 0) is 16.0 Å². The Bertz CT molecular complexity index is 405. The van der Waals surface area contributed by atoms with E-state index >= 15 is 0 Å². The second-order valence-corrected chi connectivity index (χ2v) is 5.30. The second-order valence-electron chi connectivity index (χ2n) is 4.19. The average Bonchev–Trinajstić information content (AvgIpc) is 2.48. The first-order valence-corrected chi connectivity index (χ1v) is 5.49. The first-order chi connectivity index (χ1) is 7.28. The topological polar surface area (TPSA) is 76.5 Å². The molecule has 0 aliphatic carbocycles. The molecule has 1 aromatic heterocycles. The third-order valence-electron chi connectivity index (χ3n) is 1.48. The molecule has 0 aliphatic rings. The molecule has 0 unspecified atom stereocenters. The van der Waals surface area contributed by atoms with Crippen LogP contribution in [0.15, 0.2) is 6.20 Å². The largest absolute Gasteiger partial charge is 0.477 e. The Morgan fingerprint density at radius 3 is 2.56 bits per heavy atom. The molecule has 0 fully saturated rings. The van der Waals surface area contributed by atoms with E-state index < -0.39 is 17.5 Å². The van der Waals surface area contributed by atoms with E-state index in [9.17, 15) is 9.59 Å². The molecule has 16 heavy (non-hydrogen) atoms. The number of hydrogen-bond acceptors (Lipinski definition) is 5. The van der Waals surface area contributed by atoms with Crippen molar-refractivity contribution in [3.05, 3.63) is 16.1 Å². The lowest BCUT2D eigenvalue weighted by atomic mass is 10.2. The second kappa shape index (κ2) is 4.61. The summed E-state index contributed by atoms with van der Waals surface area (Å²) in [5.41, 5.74) is -0.538. The van der Waals surface area contributed by atoms with E-state index in [1.165, 1.54) is 6.20 Å². The number of aromatic nitrogens is 1. The number of carbonyl (C=O) groups is 2. The highest BCUT2D eigenvalue weighted by atomic mass is 32.1. The standard InChI is InChI=1S/C10H13NO4S/c1-10(2,3)15-8(12)4-7-11-5-6(16-7)9(13)14/h5H,4H2,1-3H3,(H,13,14). The summed E-state index contributed by atoms with van der Waals surface area (Å²) in [5, 5.41) is 9.12. The zero-order valence-corrected chi connectivity index (χ0v) is 10.1. The Labute approximate surface area is 97.1 Å². The van der Waals surface area contributed by atoms with Crippen LogP contribution < -0.4 is 0 Å². The number of aromatic carboxylic acids is 1. The van der Waals surface area contributed by atoms with Gasteiger partial charge in [0, 0.05) is 0 Å². The van der Waals surface area contributed by atoms with E-state index in [0.717, 1.165) is 11.3 Å². The monoisotopic (exact) mass is 243 g/mol. The zero-order valence-electron chi connectivity index (χ0n) is 9.31. The SMILES string of the molecule is CC(C)(C)OC(=O)Cc1ncc(C(=O)O)s1. The van der Waals surface area contributed by atoms with Gasteiger partial charge in [-0.25, -0.2) is 9.78 Å². The maximum atomic E-state index is 11.4. The summed E-state index contributed by atoms with van der Waals surface area (Å²) in [6, 6.07) is 0. The van der Waals surface area contributed by atoms with Gasteiger partial charge in [0.1, 0.15) is 15.5 Å². The number of thiazole rings is 1. The van der Waals surface area contributed by atoms with Crippen LogP contribution in [0.1, 0.15) is 35.5 Å². The van der Waals surface area contributed by atoms with Crippen molar-refractivity contribution in [3.8, 4) is 0 Å². The zero-order chi connectivity index (χ0) is 12.3. The maximum Gasteiger partial charge on any atom is 0.347 e. The van der Waals surface area contributed by atoms with Crippen LogP contribution in [0.2, 0.25) is 0 Å². The predicted molar refractivity (Wildman–Crippen MR) is 58.6 cm³/mol. The Hall–Kier alpha value is -1.43. The van der Waals surface area contributed by atoms with Gasteiger partial charge in [-0.3, -0.25) is 4.79 Å². The first kappa shape index (κ1) is 12.6. The molecule has 1 heterocycles. The lowest BCUT2D eigenvalue weighted by Crippen LogP contribution is -2.24. The van der Waals surface area contributed by atoms with Crippen LogP contribution in [0, 0.1) is 0 Å². The molecule has 1 rings (SSSR count). The number of nitrogens with zero attached hydrogens (tertiary/aromatic N) is 1. The van der Waals surface area contributed by atoms with Crippen molar-refractivity contribution in [3.63, 3.8) is 0 Å². The van der Waals surface area contributed by atoms with Crippen molar-refractivity contribution in [2.75, 3.05) is 0 Å². The number of esters is 1. The van der Waals surface area contributed by atoms with Gasteiger partial charge < -0.3 is 9.84 Å². The molecule has 0 bridgehead atoms. The summed E-state index contributed by atoms with van der Waals surface area (Å²) >= 11 is 0.984. The summed E-state index contributed by atoms with van der Waals surface area (Å²) < 4.78 is 5.09. The van der Waals surface area contributed by atoms with E-state index in [1.807, 2.05) is 0 Å². The van der Waals surface area contributed by atoms with Gasteiger partial charge in [0.05, 0.1) is 12.6 Å². The highest BCUT2D eigenvalue weighted by Crippen LogP contribution is 2.15. The lowest BCUT2D eigenvalue weighted by molar-refractivity contribution is -0.153. The molecule has 88 valence electrons. The Morgan fingerprint density at radius 2 is 2.12 bits per heavy atom. The number of ether oxygens (including phenoxy) is 1. The molecular formula is C10H13NO4S. The normalized spacial score (nSPS) is 11.2. The molecule has 0 aromatic carbocycles.